The van der Waals surface area contributed by atoms with Crippen molar-refractivity contribution in [1.29, 1.82) is 0 Å². The summed E-state index contributed by atoms with van der Waals surface area (Å²) in [6, 6.07) is 19.2. The molecule has 2 N–H and O–H groups in total. The number of carbonyl (C=O) groups excluding carboxylic acids is 1. The number of nitrogens with one attached hydrogen (secondary N) is 2. The van der Waals surface area contributed by atoms with Crippen LogP contribution < -0.4 is 10.6 Å². The third kappa shape index (κ3) is 5.27. The number of aliphatic imine (C=N–C) groups is 1. The lowest BCUT2D eigenvalue weighted by Gasteiger charge is -2.13. The van der Waals surface area contributed by atoms with Crippen molar-refractivity contribution in [2.24, 2.45) is 4.99 Å². The quantitative estimate of drug-likeness (QED) is 0.527. The van der Waals surface area contributed by atoms with E-state index < -0.39 is 0 Å². The van der Waals surface area contributed by atoms with Crippen LogP contribution >= 0.6 is 0 Å². The van der Waals surface area contributed by atoms with Gasteiger partial charge in [-0.3, -0.25) is 15.1 Å². The molecule has 0 atom stereocenters. The van der Waals surface area contributed by atoms with Gasteiger partial charge in [0.25, 0.3) is 5.91 Å². The van der Waals surface area contributed by atoms with Crippen molar-refractivity contribution in [2.75, 3.05) is 5.32 Å². The van der Waals surface area contributed by atoms with Crippen molar-refractivity contribution in [2.45, 2.75) is 27.3 Å². The van der Waals surface area contributed by atoms with E-state index in [1.807, 2.05) is 81.4 Å². The highest BCUT2D eigenvalue weighted by atomic mass is 16.1. The Morgan fingerprint density at radius 1 is 0.964 bits per heavy atom. The van der Waals surface area contributed by atoms with E-state index in [4.69, 9.17) is 0 Å². The van der Waals surface area contributed by atoms with Gasteiger partial charge < -0.3 is 5.32 Å². The van der Waals surface area contributed by atoms with E-state index in [9.17, 15) is 4.79 Å². The highest BCUT2D eigenvalue weighted by Crippen LogP contribution is 2.11. The fourth-order valence-corrected chi connectivity index (χ4v) is 2.60. The molecule has 3 aromatic rings. The van der Waals surface area contributed by atoms with Crippen molar-refractivity contribution in [1.82, 2.24) is 10.3 Å². The van der Waals surface area contributed by atoms with Gasteiger partial charge in [-0.2, -0.15) is 0 Å². The molecule has 3 rings (SSSR count). The molecule has 0 bridgehead atoms. The first-order valence-electron chi connectivity index (χ1n) is 9.18. The predicted octanol–water partition coefficient (Wildman–Crippen LogP) is 4.40. The number of benzene rings is 2. The minimum absolute atomic E-state index is 0.206. The molecule has 28 heavy (non-hydrogen) atoms. The summed E-state index contributed by atoms with van der Waals surface area (Å²) in [5.74, 6) is 0.181. The number of aryl methyl sites for hydroxylation is 3. The summed E-state index contributed by atoms with van der Waals surface area (Å²) >= 11 is 0. The van der Waals surface area contributed by atoms with Gasteiger partial charge in [-0.15, -0.1) is 0 Å². The zero-order valence-corrected chi connectivity index (χ0v) is 16.4. The fraction of sp³-hybridized carbons (Fsp3) is 0.174. The predicted molar refractivity (Wildman–Crippen MR) is 114 cm³/mol. The molecular formula is C23H24N4O. The smallest absolute Gasteiger partial charge is 0.257 e. The molecule has 2 aromatic carbocycles. The maximum Gasteiger partial charge on any atom is 0.257 e. The molecule has 0 aliphatic rings. The van der Waals surface area contributed by atoms with Gasteiger partial charge in [-0.05, 0) is 68.3 Å². The summed E-state index contributed by atoms with van der Waals surface area (Å²) in [5.41, 5.74) is 5.66. The average molecular weight is 372 g/mol. The van der Waals surface area contributed by atoms with Crippen LogP contribution in [0.5, 0.6) is 0 Å². The van der Waals surface area contributed by atoms with E-state index in [-0.39, 0.29) is 5.91 Å². The maximum absolute atomic E-state index is 12.7. The Balaban J connectivity index is 1.80. The van der Waals surface area contributed by atoms with Crippen LogP contribution in [0.25, 0.3) is 0 Å². The van der Waals surface area contributed by atoms with Crippen LogP contribution in [0.1, 0.15) is 32.7 Å². The number of guanidine groups is 1. The lowest BCUT2D eigenvalue weighted by molar-refractivity contribution is 0.0977. The van der Waals surface area contributed by atoms with Crippen LogP contribution in [-0.2, 0) is 6.54 Å². The highest BCUT2D eigenvalue weighted by molar-refractivity contribution is 6.10. The molecule has 1 aromatic heterocycles. The topological polar surface area (TPSA) is 66.4 Å². The summed E-state index contributed by atoms with van der Waals surface area (Å²) in [6.07, 6.45) is 1.73. The van der Waals surface area contributed by atoms with Gasteiger partial charge in [0.1, 0.15) is 0 Å². The standard InChI is InChI=1S/C23H24N4O/c1-16-7-11-20(12-8-16)26-23(25-15-21-6-4-5-13-24-21)27-22(28)19-10-9-17(2)18(3)14-19/h4-14H,15H2,1-3H3,(H2,25,26,27,28). The van der Waals surface area contributed by atoms with Gasteiger partial charge in [0, 0.05) is 17.4 Å². The number of nitrogens with zero attached hydrogens (tertiary/aromatic N) is 2. The van der Waals surface area contributed by atoms with Crippen molar-refractivity contribution in [3.8, 4) is 0 Å². The van der Waals surface area contributed by atoms with Gasteiger partial charge in [0.2, 0.25) is 5.96 Å². The molecule has 0 fully saturated rings. The molecule has 1 heterocycles. The van der Waals surface area contributed by atoms with E-state index >= 15 is 0 Å². The van der Waals surface area contributed by atoms with E-state index in [2.05, 4.69) is 20.6 Å². The molecule has 5 nitrogen and oxygen atoms in total. The minimum atomic E-state index is -0.206. The van der Waals surface area contributed by atoms with Gasteiger partial charge in [-0.1, -0.05) is 29.8 Å². The summed E-state index contributed by atoms with van der Waals surface area (Å²) < 4.78 is 0. The maximum atomic E-state index is 12.7. The van der Waals surface area contributed by atoms with Crippen molar-refractivity contribution < 1.29 is 4.79 Å². The second-order valence-electron chi connectivity index (χ2n) is 6.73. The van der Waals surface area contributed by atoms with E-state index in [1.165, 1.54) is 0 Å². The lowest BCUT2D eigenvalue weighted by atomic mass is 10.1. The largest absolute Gasteiger partial charge is 0.326 e. The molecule has 0 aliphatic carbocycles. The van der Waals surface area contributed by atoms with E-state index in [1.54, 1.807) is 6.20 Å². The number of aromatic nitrogens is 1. The number of amides is 1. The van der Waals surface area contributed by atoms with Crippen LogP contribution in [0.4, 0.5) is 5.69 Å². The monoisotopic (exact) mass is 372 g/mol. The summed E-state index contributed by atoms with van der Waals surface area (Å²) in [4.78, 5) is 21.5. The molecular weight excluding hydrogens is 348 g/mol. The number of anilines is 1. The second kappa shape index (κ2) is 8.95. The van der Waals surface area contributed by atoms with Gasteiger partial charge in [0.05, 0.1) is 12.2 Å². The Morgan fingerprint density at radius 3 is 2.43 bits per heavy atom. The molecule has 0 aliphatic heterocycles. The van der Waals surface area contributed by atoms with Crippen molar-refractivity contribution in [3.63, 3.8) is 0 Å². The average Bonchev–Trinajstić information content (AvgIpc) is 2.70. The molecule has 5 heteroatoms. The Hall–Kier alpha value is -3.47. The first-order chi connectivity index (χ1) is 13.5. The first-order valence-corrected chi connectivity index (χ1v) is 9.18. The van der Waals surface area contributed by atoms with E-state index in [0.717, 1.165) is 28.1 Å². The number of hydrogen-bond acceptors (Lipinski definition) is 3. The van der Waals surface area contributed by atoms with Crippen LogP contribution in [0.3, 0.4) is 0 Å². The normalized spacial score (nSPS) is 11.2. The minimum Gasteiger partial charge on any atom is -0.326 e. The Labute approximate surface area is 165 Å². The second-order valence-corrected chi connectivity index (χ2v) is 6.73. The summed E-state index contributed by atoms with van der Waals surface area (Å²) in [6.45, 7) is 6.41. The lowest BCUT2D eigenvalue weighted by Crippen LogP contribution is -2.36. The third-order valence-corrected chi connectivity index (χ3v) is 4.44. The van der Waals surface area contributed by atoms with E-state index in [0.29, 0.717) is 18.1 Å². The van der Waals surface area contributed by atoms with Crippen molar-refractivity contribution >= 4 is 17.6 Å². The third-order valence-electron chi connectivity index (χ3n) is 4.44. The van der Waals surface area contributed by atoms with Gasteiger partial charge in [-0.25, -0.2) is 4.99 Å². The Bertz CT molecular complexity index is 979. The SMILES string of the molecule is Cc1ccc(NC(=NCc2ccccn2)NC(=O)c2ccc(C)c(C)c2)cc1. The summed E-state index contributed by atoms with van der Waals surface area (Å²) in [5, 5.41) is 6.08. The Morgan fingerprint density at radius 2 is 1.75 bits per heavy atom. The first kappa shape index (κ1) is 19.3. The molecule has 1 amide bonds. The number of hydrogen-bond donors (Lipinski definition) is 2. The fourth-order valence-electron chi connectivity index (χ4n) is 2.60. The zero-order chi connectivity index (χ0) is 19.9. The Kier molecular flexibility index (Phi) is 6.17. The number of rotatable bonds is 4. The molecule has 0 saturated heterocycles. The molecule has 0 radical (unpaired) electrons. The number of carbonyl (C=O) groups is 1. The molecule has 0 saturated carbocycles. The highest BCUT2D eigenvalue weighted by Gasteiger charge is 2.10. The van der Waals surface area contributed by atoms with Crippen LogP contribution in [-0.4, -0.2) is 16.9 Å². The summed E-state index contributed by atoms with van der Waals surface area (Å²) in [7, 11) is 0. The van der Waals surface area contributed by atoms with Crippen LogP contribution in [0.2, 0.25) is 0 Å². The van der Waals surface area contributed by atoms with Crippen LogP contribution in [0, 0.1) is 20.8 Å². The van der Waals surface area contributed by atoms with Crippen molar-refractivity contribution in [3.05, 3.63) is 94.8 Å². The zero-order valence-electron chi connectivity index (χ0n) is 16.4. The molecule has 142 valence electrons. The molecule has 0 spiro atoms. The van der Waals surface area contributed by atoms with Gasteiger partial charge in [0.15, 0.2) is 0 Å². The van der Waals surface area contributed by atoms with Gasteiger partial charge >= 0.3 is 0 Å². The molecule has 0 unspecified atom stereocenters. The number of pyridine rings is 1. The van der Waals surface area contributed by atoms with Crippen LogP contribution in [0.15, 0.2) is 71.9 Å².